The molecule has 0 aliphatic heterocycles. The number of carbonyl (C=O) groups excluding carboxylic acids is 2. The number of amides is 1. The van der Waals surface area contributed by atoms with Crippen LogP contribution in [-0.2, 0) is 9.53 Å². The highest BCUT2D eigenvalue weighted by molar-refractivity contribution is 7.15. The van der Waals surface area contributed by atoms with Crippen molar-refractivity contribution in [3.8, 4) is 0 Å². The summed E-state index contributed by atoms with van der Waals surface area (Å²) in [5.41, 5.74) is 0.308. The van der Waals surface area contributed by atoms with Crippen LogP contribution in [0.2, 0.25) is 0 Å². The van der Waals surface area contributed by atoms with Crippen molar-refractivity contribution in [2.45, 2.75) is 33.7 Å². The molecule has 0 aromatic carbocycles. The highest BCUT2D eigenvalue weighted by Crippen LogP contribution is 2.23. The summed E-state index contributed by atoms with van der Waals surface area (Å²) in [6.07, 6.45) is 0. The smallest absolute Gasteiger partial charge is 0.358 e. The first kappa shape index (κ1) is 16.4. The summed E-state index contributed by atoms with van der Waals surface area (Å²) >= 11 is 1.34. The van der Waals surface area contributed by atoms with Gasteiger partial charge in [-0.2, -0.15) is 0 Å². The molecule has 1 rings (SSSR count). The van der Waals surface area contributed by atoms with Gasteiger partial charge >= 0.3 is 5.97 Å². The van der Waals surface area contributed by atoms with Gasteiger partial charge in [-0.25, -0.2) is 9.78 Å². The van der Waals surface area contributed by atoms with Crippen molar-refractivity contribution in [2.24, 2.45) is 0 Å². The molecule has 1 aromatic rings. The summed E-state index contributed by atoms with van der Waals surface area (Å²) in [6, 6.07) is -0.388. The predicted molar refractivity (Wildman–Crippen MR) is 79.2 cm³/mol. The Labute approximate surface area is 123 Å². The van der Waals surface area contributed by atoms with Gasteiger partial charge in [-0.1, -0.05) is 0 Å². The van der Waals surface area contributed by atoms with E-state index in [-0.39, 0.29) is 11.9 Å². The number of nitrogens with one attached hydrogen (secondary N) is 1. The first-order valence-corrected chi connectivity index (χ1v) is 7.38. The van der Waals surface area contributed by atoms with Crippen LogP contribution in [0, 0.1) is 6.92 Å². The number of aryl methyl sites for hydroxylation is 1. The maximum absolute atomic E-state index is 12.0. The summed E-state index contributed by atoms with van der Waals surface area (Å²) in [7, 11) is 1.75. The first-order valence-electron chi connectivity index (χ1n) is 6.56. The number of esters is 1. The van der Waals surface area contributed by atoms with Crippen molar-refractivity contribution < 1.29 is 14.3 Å². The normalized spacial score (nSPS) is 11.8. The maximum Gasteiger partial charge on any atom is 0.358 e. The number of likely N-dealkylation sites (N-methyl/N-ethyl adjacent to an activating group) is 1. The average molecular weight is 299 g/mol. The zero-order valence-corrected chi connectivity index (χ0v) is 13.3. The van der Waals surface area contributed by atoms with Gasteiger partial charge in [-0.05, 0) is 27.7 Å². The van der Waals surface area contributed by atoms with Gasteiger partial charge in [0.1, 0.15) is 6.04 Å². The fourth-order valence-corrected chi connectivity index (χ4v) is 2.47. The molecule has 6 nitrogen and oxygen atoms in total. The molecular weight excluding hydrogens is 278 g/mol. The lowest BCUT2D eigenvalue weighted by molar-refractivity contribution is -0.130. The lowest BCUT2D eigenvalue weighted by Crippen LogP contribution is -2.38. The fraction of sp³-hybridized carbons (Fsp3) is 0.615. The second-order valence-electron chi connectivity index (χ2n) is 4.36. The standard InChI is InChI=1S/C13H21N3O3S/c1-6-16(5)11(17)8(3)14-13-15-10(9(4)20-13)12(18)19-7-2/h8H,6-7H2,1-5H3,(H,14,15). The molecule has 0 spiro atoms. The van der Waals surface area contributed by atoms with Gasteiger partial charge in [0.25, 0.3) is 0 Å². The second kappa shape index (κ2) is 7.23. The Bertz CT molecular complexity index is 487. The topological polar surface area (TPSA) is 71.5 Å². The zero-order chi connectivity index (χ0) is 15.3. The lowest BCUT2D eigenvalue weighted by atomic mass is 10.3. The number of aromatic nitrogens is 1. The van der Waals surface area contributed by atoms with E-state index in [1.165, 1.54) is 11.3 Å². The quantitative estimate of drug-likeness (QED) is 0.812. The van der Waals surface area contributed by atoms with Crippen LogP contribution in [0.15, 0.2) is 0 Å². The van der Waals surface area contributed by atoms with Gasteiger partial charge in [-0.15, -0.1) is 11.3 Å². The molecule has 1 heterocycles. The van der Waals surface area contributed by atoms with Crippen LogP contribution in [0.1, 0.15) is 36.1 Å². The van der Waals surface area contributed by atoms with E-state index in [1.54, 1.807) is 32.7 Å². The molecule has 0 fully saturated rings. The van der Waals surface area contributed by atoms with Crippen molar-refractivity contribution in [2.75, 3.05) is 25.5 Å². The Morgan fingerprint density at radius 2 is 2.10 bits per heavy atom. The van der Waals surface area contributed by atoms with E-state index >= 15 is 0 Å². The van der Waals surface area contributed by atoms with Crippen LogP contribution >= 0.6 is 11.3 Å². The molecular formula is C13H21N3O3S. The Kier molecular flexibility index (Phi) is 5.94. The van der Waals surface area contributed by atoms with Crippen LogP contribution in [0.5, 0.6) is 0 Å². The Morgan fingerprint density at radius 1 is 1.45 bits per heavy atom. The van der Waals surface area contributed by atoms with Gasteiger partial charge in [0.2, 0.25) is 5.91 Å². The number of nitrogens with zero attached hydrogens (tertiary/aromatic N) is 2. The first-order chi connectivity index (χ1) is 9.40. The average Bonchev–Trinajstić information content (AvgIpc) is 2.78. The molecule has 1 N–H and O–H groups in total. The SMILES string of the molecule is CCOC(=O)c1nc(NC(C)C(=O)N(C)CC)sc1C. The number of thiazole rings is 1. The predicted octanol–water partition coefficient (Wildman–Crippen LogP) is 1.91. The van der Waals surface area contributed by atoms with Crippen LogP contribution in [-0.4, -0.2) is 48.0 Å². The zero-order valence-electron chi connectivity index (χ0n) is 12.5. The Balaban J connectivity index is 2.77. The van der Waals surface area contributed by atoms with Gasteiger partial charge in [0.15, 0.2) is 10.8 Å². The third-order valence-electron chi connectivity index (χ3n) is 2.83. The van der Waals surface area contributed by atoms with Crippen LogP contribution in [0.25, 0.3) is 0 Å². The number of hydrogen-bond acceptors (Lipinski definition) is 6. The third-order valence-corrected chi connectivity index (χ3v) is 3.73. The van der Waals surface area contributed by atoms with Crippen LogP contribution < -0.4 is 5.32 Å². The van der Waals surface area contributed by atoms with Crippen molar-refractivity contribution in [1.82, 2.24) is 9.88 Å². The number of ether oxygens (including phenoxy) is 1. The number of hydrogen-bond donors (Lipinski definition) is 1. The molecule has 0 saturated heterocycles. The largest absolute Gasteiger partial charge is 0.461 e. The van der Waals surface area contributed by atoms with Gasteiger partial charge in [0.05, 0.1) is 6.61 Å². The van der Waals surface area contributed by atoms with E-state index < -0.39 is 5.97 Å². The van der Waals surface area contributed by atoms with Crippen LogP contribution in [0.3, 0.4) is 0 Å². The van der Waals surface area contributed by atoms with Crippen molar-refractivity contribution >= 4 is 28.3 Å². The van der Waals surface area contributed by atoms with E-state index in [1.807, 2.05) is 6.92 Å². The summed E-state index contributed by atoms with van der Waals surface area (Å²) in [6.45, 7) is 8.21. The highest BCUT2D eigenvalue weighted by Gasteiger charge is 2.20. The van der Waals surface area contributed by atoms with E-state index in [0.29, 0.717) is 24.0 Å². The number of carbonyl (C=O) groups is 2. The fourth-order valence-electron chi connectivity index (χ4n) is 1.58. The molecule has 1 atom stereocenters. The van der Waals surface area contributed by atoms with E-state index in [0.717, 1.165) is 4.88 Å². The van der Waals surface area contributed by atoms with Gasteiger partial charge < -0.3 is 15.0 Å². The molecule has 1 unspecified atom stereocenters. The minimum atomic E-state index is -0.432. The lowest BCUT2D eigenvalue weighted by Gasteiger charge is -2.20. The molecule has 0 radical (unpaired) electrons. The molecule has 0 saturated carbocycles. The minimum Gasteiger partial charge on any atom is -0.461 e. The van der Waals surface area contributed by atoms with Crippen LogP contribution in [0.4, 0.5) is 5.13 Å². The summed E-state index contributed by atoms with van der Waals surface area (Å²) < 4.78 is 4.93. The minimum absolute atomic E-state index is 0.0157. The van der Waals surface area contributed by atoms with Crippen molar-refractivity contribution in [1.29, 1.82) is 0 Å². The molecule has 0 aliphatic rings. The molecule has 1 aromatic heterocycles. The third kappa shape index (κ3) is 3.93. The second-order valence-corrected chi connectivity index (χ2v) is 5.57. The maximum atomic E-state index is 12.0. The molecule has 20 heavy (non-hydrogen) atoms. The van der Waals surface area contributed by atoms with E-state index in [9.17, 15) is 9.59 Å². The molecule has 0 aliphatic carbocycles. The van der Waals surface area contributed by atoms with Gasteiger partial charge in [0, 0.05) is 18.5 Å². The highest BCUT2D eigenvalue weighted by atomic mass is 32.1. The Morgan fingerprint density at radius 3 is 2.65 bits per heavy atom. The van der Waals surface area contributed by atoms with Crippen molar-refractivity contribution in [3.63, 3.8) is 0 Å². The molecule has 1 amide bonds. The summed E-state index contributed by atoms with van der Waals surface area (Å²) in [5.74, 6) is -0.447. The molecule has 112 valence electrons. The number of rotatable bonds is 6. The van der Waals surface area contributed by atoms with E-state index in [4.69, 9.17) is 4.74 Å². The van der Waals surface area contributed by atoms with Gasteiger partial charge in [-0.3, -0.25) is 4.79 Å². The molecule has 0 bridgehead atoms. The summed E-state index contributed by atoms with van der Waals surface area (Å²) in [5, 5.41) is 3.58. The monoisotopic (exact) mass is 299 g/mol. The molecule has 7 heteroatoms. The summed E-state index contributed by atoms with van der Waals surface area (Å²) in [4.78, 5) is 30.2. The van der Waals surface area contributed by atoms with E-state index in [2.05, 4.69) is 10.3 Å². The Hall–Kier alpha value is -1.63. The van der Waals surface area contributed by atoms with Crippen molar-refractivity contribution in [3.05, 3.63) is 10.6 Å². The number of anilines is 1.